The van der Waals surface area contributed by atoms with Gasteiger partial charge in [0, 0.05) is 6.42 Å². The van der Waals surface area contributed by atoms with E-state index in [9.17, 15) is 4.79 Å². The number of methoxy groups -OCH3 is 1. The number of hydrogen-bond donors (Lipinski definition) is 0. The van der Waals surface area contributed by atoms with Crippen LogP contribution >= 0.6 is 0 Å². The Morgan fingerprint density at radius 2 is 2.36 bits per heavy atom. The van der Waals surface area contributed by atoms with Crippen molar-refractivity contribution in [1.82, 2.24) is 0 Å². The second-order valence-corrected chi connectivity index (χ2v) is 2.31. The van der Waals surface area contributed by atoms with Gasteiger partial charge in [-0.15, -0.1) is 0 Å². The highest BCUT2D eigenvalue weighted by Gasteiger charge is 2.22. The van der Waals surface area contributed by atoms with Gasteiger partial charge in [0.2, 0.25) is 0 Å². The lowest BCUT2D eigenvalue weighted by Gasteiger charge is -2.00. The monoisotopic (exact) mass is 155 g/mol. The number of carbonyl (C=O) groups excluding carboxylic acids is 1. The van der Waals surface area contributed by atoms with Gasteiger partial charge in [-0.1, -0.05) is 13.3 Å². The van der Waals surface area contributed by atoms with Crippen molar-refractivity contribution in [3.05, 3.63) is 11.4 Å². The first-order chi connectivity index (χ1) is 5.26. The van der Waals surface area contributed by atoms with E-state index in [-0.39, 0.29) is 0 Å². The van der Waals surface area contributed by atoms with Gasteiger partial charge in [-0.25, -0.2) is 11.4 Å². The lowest BCUT2D eigenvalue weighted by molar-refractivity contribution is -0.141. The maximum Gasteiger partial charge on any atom is 0.389 e. The minimum atomic E-state index is -0.583. The van der Waals surface area contributed by atoms with Gasteiger partial charge in [-0.2, -0.15) is 0 Å². The summed E-state index contributed by atoms with van der Waals surface area (Å²) in [5, 5.41) is 0. The molecule has 0 amide bonds. The van der Waals surface area contributed by atoms with Gasteiger partial charge < -0.3 is 9.58 Å². The quantitative estimate of drug-likeness (QED) is 0.456. The molecule has 0 N–H and O–H groups in total. The van der Waals surface area contributed by atoms with Crippen LogP contribution in [0.3, 0.4) is 0 Å². The Bertz CT molecular complexity index is 160. The zero-order valence-electron chi connectivity index (χ0n) is 6.96. The third-order valence-electron chi connectivity index (χ3n) is 1.46. The molecule has 1 atom stereocenters. The van der Waals surface area contributed by atoms with Gasteiger partial charge in [0.25, 0.3) is 0 Å². The molecule has 3 nitrogen and oxygen atoms in total. The molecular weight excluding hydrogens is 142 g/mol. The van der Waals surface area contributed by atoms with E-state index in [1.165, 1.54) is 7.11 Å². The van der Waals surface area contributed by atoms with Gasteiger partial charge in [0.1, 0.15) is 0 Å². The summed E-state index contributed by atoms with van der Waals surface area (Å²) in [6.07, 6.45) is 2.53. The van der Waals surface area contributed by atoms with Crippen molar-refractivity contribution < 1.29 is 9.53 Å². The summed E-state index contributed by atoms with van der Waals surface area (Å²) in [6, 6.07) is -0.583. The van der Waals surface area contributed by atoms with E-state index in [1.807, 2.05) is 6.92 Å². The number of hydrogen-bond acceptors (Lipinski definition) is 2. The third-order valence-corrected chi connectivity index (χ3v) is 1.46. The molecule has 0 aromatic rings. The Hall–Kier alpha value is -1.04. The van der Waals surface area contributed by atoms with Crippen LogP contribution in [-0.2, 0) is 9.53 Å². The number of unbranched alkanes of at least 4 members (excludes halogenated alkanes) is 1. The van der Waals surface area contributed by atoms with Crippen molar-refractivity contribution in [2.45, 2.75) is 32.2 Å². The molecule has 3 heteroatoms. The summed E-state index contributed by atoms with van der Waals surface area (Å²) in [5.74, 6) is -0.409. The second kappa shape index (κ2) is 5.72. The SMILES string of the molecule is [C-]#[N+][C@H](CCCC)C(=O)OC. The van der Waals surface area contributed by atoms with E-state index in [2.05, 4.69) is 9.58 Å². The molecule has 0 bridgehead atoms. The Morgan fingerprint density at radius 3 is 2.73 bits per heavy atom. The van der Waals surface area contributed by atoms with Gasteiger partial charge in [0.05, 0.1) is 7.11 Å². The van der Waals surface area contributed by atoms with Crippen molar-refractivity contribution in [3.63, 3.8) is 0 Å². The average Bonchev–Trinajstić information content (AvgIpc) is 2.05. The lowest BCUT2D eigenvalue weighted by Crippen LogP contribution is -2.18. The summed E-state index contributed by atoms with van der Waals surface area (Å²) < 4.78 is 4.45. The van der Waals surface area contributed by atoms with Crippen LogP contribution in [0.4, 0.5) is 0 Å². The van der Waals surface area contributed by atoms with E-state index in [0.717, 1.165) is 12.8 Å². The molecule has 0 radical (unpaired) electrons. The van der Waals surface area contributed by atoms with Gasteiger partial charge >= 0.3 is 12.0 Å². The average molecular weight is 155 g/mol. The first-order valence-corrected chi connectivity index (χ1v) is 3.70. The normalized spacial score (nSPS) is 11.7. The molecule has 0 aromatic heterocycles. The Kier molecular flexibility index (Phi) is 5.18. The van der Waals surface area contributed by atoms with E-state index >= 15 is 0 Å². The number of ether oxygens (including phenoxy) is 1. The highest BCUT2D eigenvalue weighted by atomic mass is 16.5. The van der Waals surface area contributed by atoms with Gasteiger partial charge in [0.15, 0.2) is 0 Å². The van der Waals surface area contributed by atoms with Crippen LogP contribution in [0.25, 0.3) is 4.85 Å². The van der Waals surface area contributed by atoms with Gasteiger partial charge in [-0.3, -0.25) is 0 Å². The van der Waals surface area contributed by atoms with E-state index in [4.69, 9.17) is 6.57 Å². The predicted molar refractivity (Wildman–Crippen MR) is 41.9 cm³/mol. The van der Waals surface area contributed by atoms with Crippen LogP contribution in [0.1, 0.15) is 26.2 Å². The van der Waals surface area contributed by atoms with Crippen LogP contribution in [0.15, 0.2) is 0 Å². The number of esters is 1. The molecule has 0 rings (SSSR count). The van der Waals surface area contributed by atoms with Crippen LogP contribution < -0.4 is 0 Å². The molecule has 0 aliphatic carbocycles. The molecule has 0 aliphatic rings. The third kappa shape index (κ3) is 3.61. The van der Waals surface area contributed by atoms with Crippen molar-refractivity contribution >= 4 is 5.97 Å². The topological polar surface area (TPSA) is 30.7 Å². The van der Waals surface area contributed by atoms with Crippen LogP contribution in [-0.4, -0.2) is 19.1 Å². The fourth-order valence-corrected chi connectivity index (χ4v) is 0.769. The molecule has 0 spiro atoms. The Morgan fingerprint density at radius 1 is 1.73 bits per heavy atom. The zero-order chi connectivity index (χ0) is 8.69. The number of rotatable bonds is 4. The highest BCUT2D eigenvalue weighted by molar-refractivity contribution is 5.77. The maximum absolute atomic E-state index is 10.8. The van der Waals surface area contributed by atoms with Crippen LogP contribution in [0.5, 0.6) is 0 Å². The van der Waals surface area contributed by atoms with Crippen molar-refractivity contribution in [2.24, 2.45) is 0 Å². The first-order valence-electron chi connectivity index (χ1n) is 3.70. The lowest BCUT2D eigenvalue weighted by atomic mass is 10.1. The van der Waals surface area contributed by atoms with E-state index in [1.54, 1.807) is 0 Å². The molecule has 11 heavy (non-hydrogen) atoms. The highest BCUT2D eigenvalue weighted by Crippen LogP contribution is 2.05. The van der Waals surface area contributed by atoms with Crippen LogP contribution in [0, 0.1) is 6.57 Å². The molecule has 0 unspecified atom stereocenters. The minimum absolute atomic E-state index is 0.409. The Labute approximate surface area is 67.2 Å². The molecule has 0 heterocycles. The number of nitrogens with zero attached hydrogens (tertiary/aromatic N) is 1. The molecule has 62 valence electrons. The minimum Gasteiger partial charge on any atom is -0.463 e. The molecular formula is C8H13NO2. The predicted octanol–water partition coefficient (Wildman–Crippen LogP) is 1.64. The van der Waals surface area contributed by atoms with Crippen molar-refractivity contribution in [3.8, 4) is 0 Å². The molecule has 0 fully saturated rings. The molecule has 0 aliphatic heterocycles. The molecule has 0 aromatic carbocycles. The van der Waals surface area contributed by atoms with Gasteiger partial charge in [-0.05, 0) is 6.42 Å². The fraction of sp³-hybridized carbons (Fsp3) is 0.750. The summed E-state index contributed by atoms with van der Waals surface area (Å²) >= 11 is 0. The van der Waals surface area contributed by atoms with E-state index in [0.29, 0.717) is 6.42 Å². The first kappa shape index (κ1) is 9.96. The largest absolute Gasteiger partial charge is 0.463 e. The summed E-state index contributed by atoms with van der Waals surface area (Å²) in [6.45, 7) is 8.72. The molecule has 0 saturated carbocycles. The summed E-state index contributed by atoms with van der Waals surface area (Å²) in [5.41, 5.74) is 0. The summed E-state index contributed by atoms with van der Waals surface area (Å²) in [7, 11) is 1.31. The number of carbonyl (C=O) groups is 1. The smallest absolute Gasteiger partial charge is 0.389 e. The maximum atomic E-state index is 10.8. The van der Waals surface area contributed by atoms with E-state index < -0.39 is 12.0 Å². The fourth-order valence-electron chi connectivity index (χ4n) is 0.769. The summed E-state index contributed by atoms with van der Waals surface area (Å²) in [4.78, 5) is 14.0. The Balaban J connectivity index is 3.78. The van der Waals surface area contributed by atoms with Crippen molar-refractivity contribution in [2.75, 3.05) is 7.11 Å². The van der Waals surface area contributed by atoms with Crippen molar-refractivity contribution in [1.29, 1.82) is 0 Å². The molecule has 0 saturated heterocycles. The zero-order valence-corrected chi connectivity index (χ0v) is 6.96. The second-order valence-electron chi connectivity index (χ2n) is 2.31. The van der Waals surface area contributed by atoms with Crippen LogP contribution in [0.2, 0.25) is 0 Å². The standard InChI is InChI=1S/C8H13NO2/c1-4-5-6-7(9-2)8(10)11-3/h7H,4-6H2,1,3H3/t7-/m1/s1.